The molecule has 0 aromatic carbocycles. The lowest BCUT2D eigenvalue weighted by molar-refractivity contribution is -0.0142. The van der Waals surface area contributed by atoms with E-state index >= 15 is 0 Å². The third-order valence-electron chi connectivity index (χ3n) is 2.84. The van der Waals surface area contributed by atoms with Crippen molar-refractivity contribution in [3.8, 4) is 0 Å². The molecule has 0 spiro atoms. The van der Waals surface area contributed by atoms with Gasteiger partial charge < -0.3 is 5.11 Å². The van der Waals surface area contributed by atoms with Crippen LogP contribution in [0.5, 0.6) is 0 Å². The highest BCUT2D eigenvalue weighted by Gasteiger charge is 2.29. The van der Waals surface area contributed by atoms with E-state index in [1.54, 1.807) is 17.1 Å². The van der Waals surface area contributed by atoms with Crippen LogP contribution in [0.2, 0.25) is 5.02 Å². The van der Waals surface area contributed by atoms with Gasteiger partial charge in [0.05, 0.1) is 23.4 Å². The third-order valence-corrected chi connectivity index (χ3v) is 3.04. The third kappa shape index (κ3) is 2.28. The lowest BCUT2D eigenvalue weighted by Gasteiger charge is -2.31. The Balaban J connectivity index is 2.01. The molecule has 0 unspecified atom stereocenters. The van der Waals surface area contributed by atoms with E-state index in [1.165, 1.54) is 6.42 Å². The van der Waals surface area contributed by atoms with Crippen LogP contribution in [0.15, 0.2) is 12.4 Å². The molecule has 14 heavy (non-hydrogen) atoms. The zero-order valence-corrected chi connectivity index (χ0v) is 8.87. The minimum atomic E-state index is -0.562. The summed E-state index contributed by atoms with van der Waals surface area (Å²) < 4.78 is 1.73. The van der Waals surface area contributed by atoms with Gasteiger partial charge in [-0.2, -0.15) is 5.10 Å². The Hall–Kier alpha value is -0.540. The molecule has 1 aliphatic rings. The van der Waals surface area contributed by atoms with Crippen LogP contribution in [0.1, 0.15) is 32.1 Å². The number of hydrogen-bond acceptors (Lipinski definition) is 2. The smallest absolute Gasteiger partial charge is 0.0842 e. The van der Waals surface area contributed by atoms with Gasteiger partial charge in [0.25, 0.3) is 0 Å². The summed E-state index contributed by atoms with van der Waals surface area (Å²) in [7, 11) is 0. The summed E-state index contributed by atoms with van der Waals surface area (Å²) >= 11 is 5.76. The molecule has 1 aromatic heterocycles. The molecule has 1 N–H and O–H groups in total. The van der Waals surface area contributed by atoms with Crippen LogP contribution in [0.3, 0.4) is 0 Å². The minimum absolute atomic E-state index is 0.562. The van der Waals surface area contributed by atoms with Gasteiger partial charge in [0, 0.05) is 6.20 Å². The van der Waals surface area contributed by atoms with Gasteiger partial charge in [0.1, 0.15) is 0 Å². The summed E-state index contributed by atoms with van der Waals surface area (Å²) in [5.74, 6) is 0. The number of halogens is 1. The van der Waals surface area contributed by atoms with Crippen LogP contribution in [0.4, 0.5) is 0 Å². The molecule has 78 valence electrons. The molecule has 2 rings (SSSR count). The second-order valence-corrected chi connectivity index (χ2v) is 4.58. The lowest BCUT2D eigenvalue weighted by Crippen LogP contribution is -2.36. The molecule has 1 heterocycles. The largest absolute Gasteiger partial charge is 0.388 e. The first kappa shape index (κ1) is 9.99. The predicted molar refractivity (Wildman–Crippen MR) is 55.3 cm³/mol. The summed E-state index contributed by atoms with van der Waals surface area (Å²) in [6, 6.07) is 0. The highest BCUT2D eigenvalue weighted by Crippen LogP contribution is 2.29. The van der Waals surface area contributed by atoms with E-state index in [9.17, 15) is 5.11 Å². The number of aliphatic hydroxyl groups is 1. The van der Waals surface area contributed by atoms with E-state index in [2.05, 4.69) is 5.10 Å². The zero-order valence-electron chi connectivity index (χ0n) is 8.12. The van der Waals surface area contributed by atoms with Crippen molar-refractivity contribution >= 4 is 11.6 Å². The predicted octanol–water partition coefficient (Wildman–Crippen LogP) is 2.23. The molecule has 1 fully saturated rings. The van der Waals surface area contributed by atoms with Crippen molar-refractivity contribution in [1.82, 2.24) is 9.78 Å². The maximum absolute atomic E-state index is 10.2. The fraction of sp³-hybridized carbons (Fsp3) is 0.700. The van der Waals surface area contributed by atoms with Crippen LogP contribution in [-0.4, -0.2) is 20.5 Å². The SMILES string of the molecule is OC1(Cn2cc(Cl)cn2)CCCCC1. The normalized spacial score (nSPS) is 21.0. The van der Waals surface area contributed by atoms with E-state index in [1.807, 2.05) is 0 Å². The first-order chi connectivity index (χ1) is 6.68. The molecule has 3 nitrogen and oxygen atoms in total. The molecule has 4 heteroatoms. The Bertz CT molecular complexity index is 305. The molecular weight excluding hydrogens is 200 g/mol. The maximum atomic E-state index is 10.2. The molecule has 0 atom stereocenters. The summed E-state index contributed by atoms with van der Waals surface area (Å²) in [5.41, 5.74) is -0.562. The van der Waals surface area contributed by atoms with E-state index < -0.39 is 5.60 Å². The van der Waals surface area contributed by atoms with Gasteiger partial charge >= 0.3 is 0 Å². The first-order valence-electron chi connectivity index (χ1n) is 5.08. The van der Waals surface area contributed by atoms with Crippen LogP contribution in [0.25, 0.3) is 0 Å². The number of aromatic nitrogens is 2. The molecule has 1 saturated carbocycles. The van der Waals surface area contributed by atoms with Gasteiger partial charge in [-0.1, -0.05) is 30.9 Å². The standard InChI is InChI=1S/C10H15ClN2O/c11-9-6-12-13(7-9)8-10(14)4-2-1-3-5-10/h6-7,14H,1-5,8H2. The van der Waals surface area contributed by atoms with Crippen molar-refractivity contribution in [3.05, 3.63) is 17.4 Å². The van der Waals surface area contributed by atoms with Crippen molar-refractivity contribution < 1.29 is 5.11 Å². The Labute approximate surface area is 88.7 Å². The van der Waals surface area contributed by atoms with Crippen LogP contribution >= 0.6 is 11.6 Å². The Kier molecular flexibility index (Phi) is 2.79. The van der Waals surface area contributed by atoms with Gasteiger partial charge in [-0.05, 0) is 12.8 Å². The summed E-state index contributed by atoms with van der Waals surface area (Å²) in [4.78, 5) is 0. The van der Waals surface area contributed by atoms with Gasteiger partial charge in [-0.15, -0.1) is 0 Å². The molecule has 0 saturated heterocycles. The number of rotatable bonds is 2. The molecule has 0 amide bonds. The second kappa shape index (κ2) is 3.91. The van der Waals surface area contributed by atoms with Gasteiger partial charge in [-0.3, -0.25) is 4.68 Å². The topological polar surface area (TPSA) is 38.0 Å². The molecule has 0 aliphatic heterocycles. The maximum Gasteiger partial charge on any atom is 0.0842 e. The van der Waals surface area contributed by atoms with E-state index in [0.717, 1.165) is 25.7 Å². The van der Waals surface area contributed by atoms with Gasteiger partial charge in [-0.25, -0.2) is 0 Å². The summed E-state index contributed by atoms with van der Waals surface area (Å²) in [5, 5.41) is 14.9. The van der Waals surface area contributed by atoms with E-state index in [4.69, 9.17) is 11.6 Å². The van der Waals surface area contributed by atoms with Gasteiger partial charge in [0.15, 0.2) is 0 Å². The van der Waals surface area contributed by atoms with Crippen molar-refractivity contribution in [2.75, 3.05) is 0 Å². The van der Waals surface area contributed by atoms with Crippen molar-refractivity contribution in [1.29, 1.82) is 0 Å². The zero-order chi connectivity index (χ0) is 10.0. The van der Waals surface area contributed by atoms with Crippen LogP contribution < -0.4 is 0 Å². The Morgan fingerprint density at radius 1 is 1.43 bits per heavy atom. The second-order valence-electron chi connectivity index (χ2n) is 4.14. The molecule has 1 aromatic rings. The molecular formula is C10H15ClN2O. The Morgan fingerprint density at radius 2 is 2.14 bits per heavy atom. The quantitative estimate of drug-likeness (QED) is 0.820. The van der Waals surface area contributed by atoms with Crippen LogP contribution in [-0.2, 0) is 6.54 Å². The number of nitrogens with zero attached hydrogens (tertiary/aromatic N) is 2. The molecule has 0 bridgehead atoms. The highest BCUT2D eigenvalue weighted by molar-refractivity contribution is 6.30. The van der Waals surface area contributed by atoms with Crippen molar-refractivity contribution in [3.63, 3.8) is 0 Å². The first-order valence-corrected chi connectivity index (χ1v) is 5.46. The van der Waals surface area contributed by atoms with Gasteiger partial charge in [0.2, 0.25) is 0 Å². The van der Waals surface area contributed by atoms with Crippen molar-refractivity contribution in [2.24, 2.45) is 0 Å². The molecule has 1 aliphatic carbocycles. The fourth-order valence-corrected chi connectivity index (χ4v) is 2.25. The fourth-order valence-electron chi connectivity index (χ4n) is 2.09. The highest BCUT2D eigenvalue weighted by atomic mass is 35.5. The Morgan fingerprint density at radius 3 is 2.71 bits per heavy atom. The minimum Gasteiger partial charge on any atom is -0.388 e. The van der Waals surface area contributed by atoms with E-state index in [-0.39, 0.29) is 0 Å². The van der Waals surface area contributed by atoms with Crippen LogP contribution in [0, 0.1) is 0 Å². The lowest BCUT2D eigenvalue weighted by atomic mass is 9.85. The monoisotopic (exact) mass is 214 g/mol. The van der Waals surface area contributed by atoms with E-state index in [0.29, 0.717) is 11.6 Å². The average molecular weight is 215 g/mol. The summed E-state index contributed by atoms with van der Waals surface area (Å²) in [6.07, 6.45) is 8.59. The van der Waals surface area contributed by atoms with Crippen molar-refractivity contribution in [2.45, 2.75) is 44.2 Å². The molecule has 0 radical (unpaired) electrons. The summed E-state index contributed by atoms with van der Waals surface area (Å²) in [6.45, 7) is 0.569. The number of hydrogen-bond donors (Lipinski definition) is 1. The average Bonchev–Trinajstić information content (AvgIpc) is 2.51.